The first kappa shape index (κ1) is 11.2. The summed E-state index contributed by atoms with van der Waals surface area (Å²) in [4.78, 5) is 0. The van der Waals surface area contributed by atoms with Crippen LogP contribution in [0.3, 0.4) is 0 Å². The summed E-state index contributed by atoms with van der Waals surface area (Å²) in [5.41, 5.74) is 2.24. The summed E-state index contributed by atoms with van der Waals surface area (Å²) < 4.78 is 0. The molecule has 2 rings (SSSR count). The zero-order valence-electron chi connectivity index (χ0n) is 10.2. The Balaban J connectivity index is 1.83. The lowest BCUT2D eigenvalue weighted by Crippen LogP contribution is -2.04. The van der Waals surface area contributed by atoms with Crippen molar-refractivity contribution in [2.75, 3.05) is 0 Å². The first-order valence-electron chi connectivity index (χ1n) is 7.02. The van der Waals surface area contributed by atoms with Crippen LogP contribution in [0.1, 0.15) is 77.0 Å². The number of hydrogen-bond acceptors (Lipinski definition) is 0. The van der Waals surface area contributed by atoms with E-state index in [1.807, 2.05) is 0 Å². The molecule has 2 aliphatic carbocycles. The molecule has 0 unspecified atom stereocenters. The molecule has 0 atom stereocenters. The number of allylic oxidation sites excluding steroid dienone is 1. The maximum Gasteiger partial charge on any atom is -0.00901 e. The minimum absolute atomic E-state index is 0.638. The third-order valence-electron chi connectivity index (χ3n) is 4.49. The van der Waals surface area contributed by atoms with Crippen molar-refractivity contribution in [1.82, 2.24) is 0 Å². The Labute approximate surface area is 95.1 Å². The van der Waals surface area contributed by atoms with Crippen LogP contribution in [-0.2, 0) is 0 Å². The molecule has 0 saturated heterocycles. The van der Waals surface area contributed by atoms with Crippen LogP contribution in [0.2, 0.25) is 0 Å². The van der Waals surface area contributed by atoms with Crippen LogP contribution in [0.4, 0.5) is 0 Å². The van der Waals surface area contributed by atoms with E-state index >= 15 is 0 Å². The van der Waals surface area contributed by atoms with Crippen molar-refractivity contribution in [3.63, 3.8) is 0 Å². The Morgan fingerprint density at radius 1 is 0.667 bits per heavy atom. The molecule has 86 valence electrons. The van der Waals surface area contributed by atoms with Gasteiger partial charge in [-0.15, -0.1) is 0 Å². The third kappa shape index (κ3) is 3.09. The van der Waals surface area contributed by atoms with Crippen LogP contribution < -0.4 is 0 Å². The normalized spacial score (nSPS) is 28.1. The van der Waals surface area contributed by atoms with Crippen molar-refractivity contribution in [2.24, 2.45) is 5.41 Å². The summed E-state index contributed by atoms with van der Waals surface area (Å²) in [7, 11) is 0. The lowest BCUT2D eigenvalue weighted by Gasteiger charge is -2.19. The first-order valence-corrected chi connectivity index (χ1v) is 7.02. The Kier molecular flexibility index (Phi) is 3.88. The van der Waals surface area contributed by atoms with E-state index in [0.29, 0.717) is 5.41 Å². The standard InChI is InChI=1S/C15H26/c1-14-10-8-6-4-2-3-5-7-9-11-15(14)12-13-15/h1-13H2. The van der Waals surface area contributed by atoms with Crippen molar-refractivity contribution < 1.29 is 0 Å². The molecule has 2 fully saturated rings. The van der Waals surface area contributed by atoms with Gasteiger partial charge in [0.15, 0.2) is 0 Å². The molecule has 0 N–H and O–H groups in total. The average Bonchev–Trinajstić information content (AvgIpc) is 3.00. The maximum atomic E-state index is 4.36. The van der Waals surface area contributed by atoms with Crippen LogP contribution in [0.25, 0.3) is 0 Å². The molecule has 0 aromatic rings. The van der Waals surface area contributed by atoms with Crippen LogP contribution in [0.5, 0.6) is 0 Å². The summed E-state index contributed by atoms with van der Waals surface area (Å²) >= 11 is 0. The van der Waals surface area contributed by atoms with Crippen LogP contribution in [0.15, 0.2) is 12.2 Å². The molecule has 0 nitrogen and oxygen atoms in total. The molecule has 2 aliphatic rings. The highest BCUT2D eigenvalue weighted by atomic mass is 14.5. The van der Waals surface area contributed by atoms with E-state index in [1.54, 1.807) is 5.57 Å². The molecule has 0 aliphatic heterocycles. The molecular formula is C15H26. The second kappa shape index (κ2) is 5.18. The van der Waals surface area contributed by atoms with E-state index in [1.165, 1.54) is 77.0 Å². The molecule has 0 amide bonds. The Bertz CT molecular complexity index is 210. The second-order valence-electron chi connectivity index (χ2n) is 5.71. The van der Waals surface area contributed by atoms with E-state index < -0.39 is 0 Å². The Morgan fingerprint density at radius 2 is 1.20 bits per heavy atom. The lowest BCUT2D eigenvalue weighted by molar-refractivity contribution is 0.457. The van der Waals surface area contributed by atoms with E-state index in [9.17, 15) is 0 Å². The zero-order valence-corrected chi connectivity index (χ0v) is 10.2. The van der Waals surface area contributed by atoms with Gasteiger partial charge < -0.3 is 0 Å². The predicted molar refractivity (Wildman–Crippen MR) is 67.0 cm³/mol. The van der Waals surface area contributed by atoms with Gasteiger partial charge in [0.1, 0.15) is 0 Å². The van der Waals surface area contributed by atoms with Gasteiger partial charge in [-0.3, -0.25) is 0 Å². The maximum absolute atomic E-state index is 4.36. The fourth-order valence-corrected chi connectivity index (χ4v) is 3.06. The molecular weight excluding hydrogens is 180 g/mol. The van der Waals surface area contributed by atoms with E-state index in [4.69, 9.17) is 0 Å². The molecule has 15 heavy (non-hydrogen) atoms. The van der Waals surface area contributed by atoms with Crippen molar-refractivity contribution in [1.29, 1.82) is 0 Å². The van der Waals surface area contributed by atoms with Gasteiger partial charge in [0.2, 0.25) is 0 Å². The summed E-state index contributed by atoms with van der Waals surface area (Å²) in [6.45, 7) is 4.36. The Morgan fingerprint density at radius 3 is 1.80 bits per heavy atom. The molecule has 0 radical (unpaired) electrons. The minimum atomic E-state index is 0.638. The van der Waals surface area contributed by atoms with Gasteiger partial charge in [-0.2, -0.15) is 0 Å². The van der Waals surface area contributed by atoms with Gasteiger partial charge in [-0.05, 0) is 37.5 Å². The molecule has 0 aromatic heterocycles. The molecule has 1 spiro atoms. The van der Waals surface area contributed by atoms with Crippen LogP contribution >= 0.6 is 0 Å². The summed E-state index contributed by atoms with van der Waals surface area (Å²) in [5, 5.41) is 0. The Hall–Kier alpha value is -0.260. The second-order valence-corrected chi connectivity index (χ2v) is 5.71. The highest BCUT2D eigenvalue weighted by Gasteiger charge is 2.43. The molecule has 0 aromatic carbocycles. The fourth-order valence-electron chi connectivity index (χ4n) is 3.06. The zero-order chi connectivity index (χ0) is 10.6. The summed E-state index contributed by atoms with van der Waals surface area (Å²) in [5.74, 6) is 0. The van der Waals surface area contributed by atoms with Crippen molar-refractivity contribution in [2.45, 2.75) is 77.0 Å². The van der Waals surface area contributed by atoms with Crippen LogP contribution in [-0.4, -0.2) is 0 Å². The minimum Gasteiger partial charge on any atom is -0.0993 e. The summed E-state index contributed by atoms with van der Waals surface area (Å²) in [6.07, 6.45) is 17.3. The predicted octanol–water partition coefficient (Wildman–Crippen LogP) is 5.24. The van der Waals surface area contributed by atoms with Gasteiger partial charge in [0.05, 0.1) is 0 Å². The molecule has 0 heterocycles. The molecule has 0 bridgehead atoms. The quantitative estimate of drug-likeness (QED) is 0.476. The van der Waals surface area contributed by atoms with Gasteiger partial charge in [-0.25, -0.2) is 0 Å². The van der Waals surface area contributed by atoms with Gasteiger partial charge in [0.25, 0.3) is 0 Å². The smallest absolute Gasteiger partial charge is 0.00901 e. The van der Waals surface area contributed by atoms with Gasteiger partial charge in [-0.1, -0.05) is 57.1 Å². The molecule has 2 saturated carbocycles. The van der Waals surface area contributed by atoms with E-state index in [-0.39, 0.29) is 0 Å². The van der Waals surface area contributed by atoms with Crippen molar-refractivity contribution in [3.8, 4) is 0 Å². The monoisotopic (exact) mass is 206 g/mol. The van der Waals surface area contributed by atoms with E-state index in [2.05, 4.69) is 6.58 Å². The largest absolute Gasteiger partial charge is 0.0993 e. The van der Waals surface area contributed by atoms with Crippen molar-refractivity contribution in [3.05, 3.63) is 12.2 Å². The third-order valence-corrected chi connectivity index (χ3v) is 4.49. The molecule has 0 heteroatoms. The lowest BCUT2D eigenvalue weighted by atomic mass is 9.86. The average molecular weight is 206 g/mol. The van der Waals surface area contributed by atoms with Gasteiger partial charge >= 0.3 is 0 Å². The number of hydrogen-bond donors (Lipinski definition) is 0. The van der Waals surface area contributed by atoms with Gasteiger partial charge in [0, 0.05) is 0 Å². The first-order chi connectivity index (χ1) is 7.33. The van der Waals surface area contributed by atoms with E-state index in [0.717, 1.165) is 0 Å². The highest BCUT2D eigenvalue weighted by molar-refractivity contribution is 5.18. The van der Waals surface area contributed by atoms with Crippen molar-refractivity contribution >= 4 is 0 Å². The topological polar surface area (TPSA) is 0 Å². The highest BCUT2D eigenvalue weighted by Crippen LogP contribution is 2.56. The fraction of sp³-hybridized carbons (Fsp3) is 0.867. The van der Waals surface area contributed by atoms with Crippen LogP contribution in [0, 0.1) is 5.41 Å². The summed E-state index contributed by atoms with van der Waals surface area (Å²) in [6, 6.07) is 0. The SMILES string of the molecule is C=C1CCCCCCCCCCC12CC2. The number of rotatable bonds is 0.